The summed E-state index contributed by atoms with van der Waals surface area (Å²) in [5.41, 5.74) is 13.1. The van der Waals surface area contributed by atoms with Crippen LogP contribution in [0.5, 0.6) is 23.0 Å². The predicted octanol–water partition coefficient (Wildman–Crippen LogP) is 1.64. The highest BCUT2D eigenvalue weighted by Crippen LogP contribution is 2.54. The van der Waals surface area contributed by atoms with E-state index in [-0.39, 0.29) is 0 Å². The highest BCUT2D eigenvalue weighted by molar-refractivity contribution is 5.89. The van der Waals surface area contributed by atoms with E-state index in [4.69, 9.17) is 24.7 Å². The number of benzene rings is 2. The fourth-order valence-corrected chi connectivity index (χ4v) is 4.67. The number of methoxy groups -OCH3 is 4. The smallest absolute Gasteiger partial charge is 0.184 e. The van der Waals surface area contributed by atoms with Crippen LogP contribution >= 0.6 is 0 Å². The van der Waals surface area contributed by atoms with E-state index in [9.17, 15) is 0 Å². The number of ether oxygens (including phenoxy) is 4. The summed E-state index contributed by atoms with van der Waals surface area (Å²) >= 11 is 0. The number of hydrogen-bond acceptors (Lipinski definition) is 5. The summed E-state index contributed by atoms with van der Waals surface area (Å²) in [5, 5.41) is 0. The third-order valence-electron chi connectivity index (χ3n) is 6.02. The molecule has 2 aromatic rings. The zero-order valence-electron chi connectivity index (χ0n) is 16.6. The van der Waals surface area contributed by atoms with Crippen molar-refractivity contribution < 1.29 is 23.8 Å². The first kappa shape index (κ1) is 17.8. The number of nitrogen functional groups attached to an aromatic ring is 1. The summed E-state index contributed by atoms with van der Waals surface area (Å²) in [7, 11) is 8.88. The monoisotopic (exact) mass is 371 g/mol. The topological polar surface area (TPSA) is 67.4 Å². The lowest BCUT2D eigenvalue weighted by Gasteiger charge is -2.39. The summed E-state index contributed by atoms with van der Waals surface area (Å²) < 4.78 is 22.6. The molecule has 1 aliphatic carbocycles. The Morgan fingerprint density at radius 1 is 0.963 bits per heavy atom. The van der Waals surface area contributed by atoms with Gasteiger partial charge in [0.1, 0.15) is 6.04 Å². The molecule has 0 radical (unpaired) electrons. The molecule has 0 aromatic heterocycles. The fourth-order valence-electron chi connectivity index (χ4n) is 4.67. The molecule has 2 aliphatic rings. The molecular weight excluding hydrogens is 344 g/mol. The Labute approximate surface area is 159 Å². The minimum Gasteiger partial charge on any atom is -0.493 e. The molecule has 1 aliphatic heterocycles. The molecule has 0 saturated heterocycles. The third-order valence-corrected chi connectivity index (χ3v) is 6.02. The van der Waals surface area contributed by atoms with E-state index >= 15 is 0 Å². The molecule has 0 amide bonds. The van der Waals surface area contributed by atoms with E-state index in [0.29, 0.717) is 29.0 Å². The molecule has 1 heterocycles. The second kappa shape index (κ2) is 6.53. The molecule has 2 aromatic carbocycles. The first-order valence-corrected chi connectivity index (χ1v) is 9.19. The number of likely N-dealkylation sites (N-methyl/N-ethyl adjacent to an activating group) is 1. The summed E-state index contributed by atoms with van der Waals surface area (Å²) in [5.74, 6) is 2.77. The molecule has 144 valence electrons. The molecule has 0 bridgehead atoms. The third kappa shape index (κ3) is 2.43. The molecule has 0 saturated carbocycles. The lowest BCUT2D eigenvalue weighted by molar-refractivity contribution is -0.914. The van der Waals surface area contributed by atoms with Gasteiger partial charge >= 0.3 is 0 Å². The molecule has 0 fully saturated rings. The fraction of sp³-hybridized carbons (Fsp3) is 0.429. The van der Waals surface area contributed by atoms with E-state index in [1.165, 1.54) is 21.6 Å². The van der Waals surface area contributed by atoms with Crippen LogP contribution in [-0.4, -0.2) is 42.0 Å². The van der Waals surface area contributed by atoms with Crippen LogP contribution in [0, 0.1) is 0 Å². The Morgan fingerprint density at radius 2 is 1.63 bits per heavy atom. The Morgan fingerprint density at radius 3 is 2.26 bits per heavy atom. The zero-order chi connectivity index (χ0) is 19.3. The summed E-state index contributed by atoms with van der Waals surface area (Å²) in [6.07, 6.45) is 1.86. The molecule has 2 atom stereocenters. The average Bonchev–Trinajstić information content (AvgIpc) is 2.69. The zero-order valence-corrected chi connectivity index (χ0v) is 16.6. The standard InChI is InChI=1S/C21H26N2O4/c1-23-7-6-12-17-14(23)8-11-9-15(24-2)16(25-3)10-13(11)18(17)20(26-4)21(27-5)19(12)22/h9-10,14H,6-8,22H2,1-5H3/p+1/t14-/m0/s1. The van der Waals surface area contributed by atoms with Gasteiger partial charge in [-0.2, -0.15) is 0 Å². The van der Waals surface area contributed by atoms with Crippen molar-refractivity contribution in [1.29, 1.82) is 0 Å². The van der Waals surface area contributed by atoms with Crippen LogP contribution in [-0.2, 0) is 12.8 Å². The molecule has 3 N–H and O–H groups in total. The van der Waals surface area contributed by atoms with Gasteiger partial charge in [0.05, 0.1) is 47.7 Å². The minimum atomic E-state index is 0.330. The van der Waals surface area contributed by atoms with Gasteiger partial charge in [0.2, 0.25) is 0 Å². The number of hydrogen-bond donors (Lipinski definition) is 2. The van der Waals surface area contributed by atoms with E-state index in [0.717, 1.165) is 36.3 Å². The second-order valence-corrected chi connectivity index (χ2v) is 7.21. The Kier molecular flexibility index (Phi) is 4.30. The summed E-state index contributed by atoms with van der Waals surface area (Å²) in [6.45, 7) is 1.04. The SMILES string of the molecule is COc1cc2c(cc1OC)-c1c(OC)c(OC)c(N)c3c1[C@H](C2)[NH+](C)CC3. The molecule has 1 unspecified atom stereocenters. The number of nitrogens with one attached hydrogen (secondary N) is 1. The van der Waals surface area contributed by atoms with Crippen LogP contribution in [0.1, 0.15) is 22.7 Å². The van der Waals surface area contributed by atoms with Crippen molar-refractivity contribution >= 4 is 5.69 Å². The second-order valence-electron chi connectivity index (χ2n) is 7.21. The van der Waals surface area contributed by atoms with Gasteiger partial charge in [-0.1, -0.05) is 0 Å². The first-order chi connectivity index (χ1) is 13.0. The van der Waals surface area contributed by atoms with Gasteiger partial charge in [-0.15, -0.1) is 0 Å². The van der Waals surface area contributed by atoms with E-state index in [1.54, 1.807) is 28.4 Å². The summed E-state index contributed by atoms with van der Waals surface area (Å²) in [6, 6.07) is 4.46. The number of fused-ring (bicyclic) bond motifs is 2. The van der Waals surface area contributed by atoms with Crippen LogP contribution in [0.25, 0.3) is 11.1 Å². The van der Waals surface area contributed by atoms with Crippen molar-refractivity contribution in [2.75, 3.05) is 47.8 Å². The lowest BCUT2D eigenvalue weighted by atomic mass is 9.76. The van der Waals surface area contributed by atoms with Gasteiger partial charge in [0.25, 0.3) is 0 Å². The van der Waals surface area contributed by atoms with Crippen LogP contribution in [0.3, 0.4) is 0 Å². The largest absolute Gasteiger partial charge is 0.493 e. The van der Waals surface area contributed by atoms with Gasteiger partial charge in [-0.3, -0.25) is 0 Å². The lowest BCUT2D eigenvalue weighted by Crippen LogP contribution is -3.10. The normalized spacial score (nSPS) is 19.7. The van der Waals surface area contributed by atoms with Crippen molar-refractivity contribution in [2.45, 2.75) is 18.9 Å². The van der Waals surface area contributed by atoms with Gasteiger partial charge in [0, 0.05) is 24.0 Å². The molecular formula is C21H27N2O4+. The van der Waals surface area contributed by atoms with Crippen molar-refractivity contribution in [2.24, 2.45) is 0 Å². The predicted molar refractivity (Wildman–Crippen MR) is 104 cm³/mol. The van der Waals surface area contributed by atoms with Gasteiger partial charge in [0.15, 0.2) is 23.0 Å². The van der Waals surface area contributed by atoms with Gasteiger partial charge in [-0.25, -0.2) is 0 Å². The maximum absolute atomic E-state index is 6.51. The molecule has 6 nitrogen and oxygen atoms in total. The highest BCUT2D eigenvalue weighted by atomic mass is 16.5. The molecule has 27 heavy (non-hydrogen) atoms. The van der Waals surface area contributed by atoms with Gasteiger partial charge in [-0.05, 0) is 28.8 Å². The van der Waals surface area contributed by atoms with Crippen molar-refractivity contribution in [1.82, 2.24) is 0 Å². The summed E-state index contributed by atoms with van der Waals surface area (Å²) in [4.78, 5) is 1.48. The molecule has 0 spiro atoms. The Hall–Kier alpha value is -2.60. The maximum Gasteiger partial charge on any atom is 0.184 e. The maximum atomic E-state index is 6.51. The van der Waals surface area contributed by atoms with E-state index < -0.39 is 0 Å². The Balaban J connectivity index is 2.11. The van der Waals surface area contributed by atoms with Crippen molar-refractivity contribution in [3.8, 4) is 34.1 Å². The van der Waals surface area contributed by atoms with Crippen LogP contribution in [0.2, 0.25) is 0 Å². The number of anilines is 1. The minimum absolute atomic E-state index is 0.330. The number of nitrogens with two attached hydrogens (primary N) is 1. The first-order valence-electron chi connectivity index (χ1n) is 9.19. The quantitative estimate of drug-likeness (QED) is 0.800. The van der Waals surface area contributed by atoms with E-state index in [2.05, 4.69) is 13.1 Å². The molecule has 4 rings (SSSR count). The van der Waals surface area contributed by atoms with E-state index in [1.807, 2.05) is 6.07 Å². The molecule has 6 heteroatoms. The number of rotatable bonds is 4. The highest BCUT2D eigenvalue weighted by Gasteiger charge is 2.41. The van der Waals surface area contributed by atoms with Crippen molar-refractivity contribution in [3.05, 3.63) is 28.8 Å². The van der Waals surface area contributed by atoms with Crippen LogP contribution < -0.4 is 29.6 Å². The Bertz CT molecular complexity index is 910. The average molecular weight is 371 g/mol. The van der Waals surface area contributed by atoms with Gasteiger partial charge < -0.3 is 29.6 Å². The van der Waals surface area contributed by atoms with Crippen LogP contribution in [0.15, 0.2) is 12.1 Å². The van der Waals surface area contributed by atoms with Crippen LogP contribution in [0.4, 0.5) is 5.69 Å². The number of quaternary nitrogens is 1. The van der Waals surface area contributed by atoms with Crippen molar-refractivity contribution in [3.63, 3.8) is 0 Å².